The van der Waals surface area contributed by atoms with Gasteiger partial charge >= 0.3 is 5.97 Å². The van der Waals surface area contributed by atoms with Crippen LogP contribution in [0.3, 0.4) is 0 Å². The number of allylic oxidation sites excluding steroid dienone is 4. The van der Waals surface area contributed by atoms with E-state index in [0.717, 1.165) is 70.6 Å². The van der Waals surface area contributed by atoms with Crippen LogP contribution < -0.4 is 5.32 Å². The Morgan fingerprint density at radius 1 is 0.482 bits per heavy atom. The molecule has 0 aromatic heterocycles. The van der Waals surface area contributed by atoms with Gasteiger partial charge in [0.15, 0.2) is 0 Å². The summed E-state index contributed by atoms with van der Waals surface area (Å²) >= 11 is 0. The van der Waals surface area contributed by atoms with Crippen molar-refractivity contribution in [3.05, 3.63) is 24.3 Å². The molecule has 6 heteroatoms. The lowest BCUT2D eigenvalue weighted by Gasteiger charge is -2.22. The molecule has 0 radical (unpaired) electrons. The van der Waals surface area contributed by atoms with Crippen molar-refractivity contribution >= 4 is 11.9 Å². The van der Waals surface area contributed by atoms with E-state index in [9.17, 15) is 19.8 Å². The average molecular weight is 790 g/mol. The first kappa shape index (κ1) is 54.3. The molecule has 2 atom stereocenters. The van der Waals surface area contributed by atoms with E-state index in [1.54, 1.807) is 0 Å². The highest BCUT2D eigenvalue weighted by molar-refractivity contribution is 5.76. The Bertz CT molecular complexity index is 874. The minimum atomic E-state index is -0.671. The predicted octanol–water partition coefficient (Wildman–Crippen LogP) is 14.3. The van der Waals surface area contributed by atoms with Gasteiger partial charge in [0, 0.05) is 12.8 Å². The van der Waals surface area contributed by atoms with Gasteiger partial charge in [-0.25, -0.2) is 0 Å². The van der Waals surface area contributed by atoms with Gasteiger partial charge in [-0.15, -0.1) is 0 Å². The Balaban J connectivity index is 3.46. The third kappa shape index (κ3) is 42.0. The molecule has 0 spiro atoms. The third-order valence-electron chi connectivity index (χ3n) is 11.2. The zero-order chi connectivity index (χ0) is 40.8. The van der Waals surface area contributed by atoms with Crippen LogP contribution in [0.2, 0.25) is 0 Å². The summed E-state index contributed by atoms with van der Waals surface area (Å²) in [6, 6.07) is -0.550. The van der Waals surface area contributed by atoms with Crippen LogP contribution in [0.1, 0.15) is 258 Å². The van der Waals surface area contributed by atoms with Crippen molar-refractivity contribution in [2.45, 2.75) is 270 Å². The van der Waals surface area contributed by atoms with Crippen LogP contribution >= 0.6 is 0 Å². The number of aliphatic hydroxyl groups excluding tert-OH is 2. The lowest BCUT2D eigenvalue weighted by molar-refractivity contribution is -0.143. The first-order valence-corrected chi connectivity index (χ1v) is 24.6. The topological polar surface area (TPSA) is 95.9 Å². The number of hydrogen-bond acceptors (Lipinski definition) is 5. The highest BCUT2D eigenvalue weighted by Gasteiger charge is 2.20. The SMILES string of the molecule is CCCCCCCC/C=C\CCCCCCCC(=O)OCCCCCC/C=C\CCCCCCCCCC(=O)NC(CO)C(O)CCCCCCCCCCC. The Morgan fingerprint density at radius 3 is 1.27 bits per heavy atom. The molecule has 0 heterocycles. The number of nitrogens with one attached hydrogen (secondary N) is 1. The van der Waals surface area contributed by atoms with Crippen LogP contribution in [0.4, 0.5) is 0 Å². The number of carbonyl (C=O) groups excluding carboxylic acids is 2. The number of unbranched alkanes of at least 4 members (excludes halogenated alkanes) is 30. The molecular formula is C50H95NO5. The number of aliphatic hydroxyl groups is 2. The summed E-state index contributed by atoms with van der Waals surface area (Å²) in [5, 5.41) is 23.0. The summed E-state index contributed by atoms with van der Waals surface area (Å²) in [5.41, 5.74) is 0. The molecule has 0 rings (SSSR count). The number of amides is 1. The Morgan fingerprint density at radius 2 is 0.839 bits per heavy atom. The largest absolute Gasteiger partial charge is 0.466 e. The number of rotatable bonds is 45. The molecule has 0 aliphatic carbocycles. The van der Waals surface area contributed by atoms with Crippen LogP contribution in [-0.2, 0) is 14.3 Å². The summed E-state index contributed by atoms with van der Waals surface area (Å²) in [6.07, 6.45) is 52.9. The van der Waals surface area contributed by atoms with Crippen molar-refractivity contribution < 1.29 is 24.5 Å². The van der Waals surface area contributed by atoms with Crippen molar-refractivity contribution in [3.8, 4) is 0 Å². The van der Waals surface area contributed by atoms with E-state index in [0.29, 0.717) is 25.9 Å². The van der Waals surface area contributed by atoms with Gasteiger partial charge in [-0.1, -0.05) is 192 Å². The smallest absolute Gasteiger partial charge is 0.305 e. The second-order valence-electron chi connectivity index (χ2n) is 16.8. The van der Waals surface area contributed by atoms with E-state index in [4.69, 9.17) is 4.74 Å². The monoisotopic (exact) mass is 790 g/mol. The molecule has 0 aliphatic heterocycles. The van der Waals surface area contributed by atoms with Crippen LogP contribution in [0, 0.1) is 0 Å². The quantitative estimate of drug-likeness (QED) is 0.0324. The van der Waals surface area contributed by atoms with Crippen LogP contribution in [-0.4, -0.2) is 47.4 Å². The van der Waals surface area contributed by atoms with Gasteiger partial charge in [0.2, 0.25) is 5.91 Å². The molecule has 6 nitrogen and oxygen atoms in total. The van der Waals surface area contributed by atoms with E-state index in [1.807, 2.05) is 0 Å². The molecule has 1 amide bonds. The molecule has 0 bridgehead atoms. The molecule has 0 aliphatic rings. The normalized spacial score (nSPS) is 12.9. The van der Waals surface area contributed by atoms with Gasteiger partial charge in [-0.05, 0) is 77.0 Å². The van der Waals surface area contributed by atoms with E-state index in [1.165, 1.54) is 154 Å². The number of carbonyl (C=O) groups is 2. The highest BCUT2D eigenvalue weighted by atomic mass is 16.5. The third-order valence-corrected chi connectivity index (χ3v) is 11.2. The predicted molar refractivity (Wildman–Crippen MR) is 241 cm³/mol. The zero-order valence-electron chi connectivity index (χ0n) is 37.4. The maximum absolute atomic E-state index is 12.4. The molecule has 0 fully saturated rings. The fourth-order valence-corrected chi connectivity index (χ4v) is 7.39. The molecular weight excluding hydrogens is 695 g/mol. The lowest BCUT2D eigenvalue weighted by atomic mass is 10.0. The lowest BCUT2D eigenvalue weighted by Crippen LogP contribution is -2.45. The second kappa shape index (κ2) is 46.0. The van der Waals surface area contributed by atoms with Crippen molar-refractivity contribution in [1.82, 2.24) is 5.32 Å². The summed E-state index contributed by atoms with van der Waals surface area (Å²) in [7, 11) is 0. The van der Waals surface area contributed by atoms with E-state index >= 15 is 0 Å². The fourth-order valence-electron chi connectivity index (χ4n) is 7.39. The van der Waals surface area contributed by atoms with Crippen molar-refractivity contribution in [2.24, 2.45) is 0 Å². The van der Waals surface area contributed by atoms with Gasteiger partial charge in [-0.2, -0.15) is 0 Å². The van der Waals surface area contributed by atoms with Crippen LogP contribution in [0.5, 0.6) is 0 Å². The number of ether oxygens (including phenoxy) is 1. The Kier molecular flexibility index (Phi) is 44.7. The van der Waals surface area contributed by atoms with Crippen molar-refractivity contribution in [2.75, 3.05) is 13.2 Å². The van der Waals surface area contributed by atoms with E-state index in [2.05, 4.69) is 43.5 Å². The Hall–Kier alpha value is -1.66. The van der Waals surface area contributed by atoms with Gasteiger partial charge < -0.3 is 20.3 Å². The van der Waals surface area contributed by atoms with Gasteiger partial charge in [0.1, 0.15) is 0 Å². The molecule has 0 aromatic rings. The van der Waals surface area contributed by atoms with Crippen molar-refractivity contribution in [3.63, 3.8) is 0 Å². The van der Waals surface area contributed by atoms with E-state index in [-0.39, 0.29) is 18.5 Å². The van der Waals surface area contributed by atoms with Gasteiger partial charge in [-0.3, -0.25) is 9.59 Å². The summed E-state index contributed by atoms with van der Waals surface area (Å²) in [4.78, 5) is 24.4. The maximum atomic E-state index is 12.4. The minimum Gasteiger partial charge on any atom is -0.466 e. The van der Waals surface area contributed by atoms with Gasteiger partial charge in [0.25, 0.3) is 0 Å². The number of hydrogen-bond donors (Lipinski definition) is 3. The molecule has 0 aromatic carbocycles. The standard InChI is InChI=1S/C50H95NO5/c1-3-5-7-9-11-13-14-15-17-21-24-28-32-36-40-44-50(55)56-45-41-37-33-29-25-22-19-16-18-20-23-27-31-35-39-43-49(54)51-47(46-52)48(53)42-38-34-30-26-12-10-8-6-4-2/h15,17,19,22,47-48,52-53H,3-14,16,18,20-21,23-46H2,1-2H3,(H,51,54)/b17-15-,22-19-. The Labute approximate surface area is 348 Å². The second-order valence-corrected chi connectivity index (χ2v) is 16.8. The average Bonchev–Trinajstić information content (AvgIpc) is 3.20. The molecule has 0 saturated carbocycles. The fraction of sp³-hybridized carbons (Fsp3) is 0.880. The molecule has 2 unspecified atom stereocenters. The molecule has 330 valence electrons. The summed E-state index contributed by atoms with van der Waals surface area (Å²) < 4.78 is 5.45. The number of esters is 1. The zero-order valence-corrected chi connectivity index (χ0v) is 37.4. The van der Waals surface area contributed by atoms with Gasteiger partial charge in [0.05, 0.1) is 25.4 Å². The summed E-state index contributed by atoms with van der Waals surface area (Å²) in [6.45, 7) is 4.88. The molecule has 3 N–H and O–H groups in total. The van der Waals surface area contributed by atoms with Crippen LogP contribution in [0.15, 0.2) is 24.3 Å². The first-order chi connectivity index (χ1) is 27.5. The van der Waals surface area contributed by atoms with E-state index < -0.39 is 12.1 Å². The first-order valence-electron chi connectivity index (χ1n) is 24.6. The van der Waals surface area contributed by atoms with Crippen LogP contribution in [0.25, 0.3) is 0 Å². The molecule has 56 heavy (non-hydrogen) atoms. The summed E-state index contributed by atoms with van der Waals surface area (Å²) in [5.74, 6) is -0.0724. The minimum absolute atomic E-state index is 0.0187. The maximum Gasteiger partial charge on any atom is 0.305 e. The molecule has 0 saturated heterocycles. The van der Waals surface area contributed by atoms with Crippen molar-refractivity contribution in [1.29, 1.82) is 0 Å². The highest BCUT2D eigenvalue weighted by Crippen LogP contribution is 2.15.